The van der Waals surface area contributed by atoms with Crippen molar-refractivity contribution in [2.75, 3.05) is 0 Å². The average molecular weight is 312 g/mol. The molecule has 0 spiro atoms. The topological polar surface area (TPSA) is 77.8 Å². The highest BCUT2D eigenvalue weighted by molar-refractivity contribution is 5.66. The van der Waals surface area contributed by atoms with Crippen LogP contribution in [-0.4, -0.2) is 33.5 Å². The lowest BCUT2D eigenvalue weighted by Gasteiger charge is -2.14. The lowest BCUT2D eigenvalue weighted by atomic mass is 10.0. The van der Waals surface area contributed by atoms with Crippen molar-refractivity contribution in [1.29, 1.82) is 0 Å². The third-order valence-electron chi connectivity index (χ3n) is 3.56. The molecule has 2 atom stereocenters. The number of unbranched alkanes of at least 4 members (excludes halogenated alkanes) is 6. The number of hydrogen-bond acceptors (Lipinski definition) is 3. The summed E-state index contributed by atoms with van der Waals surface area (Å²) in [6.45, 7) is 2.19. The van der Waals surface area contributed by atoms with Crippen LogP contribution in [0.5, 0.6) is 0 Å². The lowest BCUT2D eigenvalue weighted by Crippen LogP contribution is -2.23. The first-order valence-corrected chi connectivity index (χ1v) is 8.49. The number of aliphatic carboxylic acids is 1. The van der Waals surface area contributed by atoms with E-state index in [1.54, 1.807) is 18.2 Å². The van der Waals surface area contributed by atoms with Crippen LogP contribution in [0.2, 0.25) is 0 Å². The van der Waals surface area contributed by atoms with Gasteiger partial charge in [0.1, 0.15) is 0 Å². The SMILES string of the molecule is CCCCCCCC[C@H](O)[C@H](O)/C=C/C=C\CCCC(=O)O. The van der Waals surface area contributed by atoms with Crippen molar-refractivity contribution in [2.24, 2.45) is 0 Å². The standard InChI is InChI=1S/C18H32O4/c1-2-3-4-5-7-10-13-16(19)17(20)14-11-8-6-9-12-15-18(21)22/h6,8,11,14,16-17,19-20H,2-5,7,9-10,12-13,15H2,1H3,(H,21,22)/b8-6-,14-11+/t16-,17+/m0/s1. The quantitative estimate of drug-likeness (QED) is 0.336. The van der Waals surface area contributed by atoms with E-state index in [1.807, 2.05) is 6.08 Å². The number of carboxylic acid groups (broad SMARTS) is 1. The molecule has 0 radical (unpaired) electrons. The molecule has 0 aliphatic rings. The first-order chi connectivity index (χ1) is 10.6. The Morgan fingerprint density at radius 2 is 1.68 bits per heavy atom. The molecule has 0 aromatic carbocycles. The third kappa shape index (κ3) is 13.8. The predicted molar refractivity (Wildman–Crippen MR) is 89.8 cm³/mol. The van der Waals surface area contributed by atoms with E-state index in [2.05, 4.69) is 6.92 Å². The van der Waals surface area contributed by atoms with Crippen LogP contribution in [0.15, 0.2) is 24.3 Å². The maximum absolute atomic E-state index is 10.3. The van der Waals surface area contributed by atoms with Gasteiger partial charge in [-0.2, -0.15) is 0 Å². The molecule has 128 valence electrons. The molecule has 0 rings (SSSR count). The van der Waals surface area contributed by atoms with Crippen LogP contribution in [-0.2, 0) is 4.79 Å². The van der Waals surface area contributed by atoms with Crippen molar-refractivity contribution in [3.8, 4) is 0 Å². The van der Waals surface area contributed by atoms with E-state index < -0.39 is 18.2 Å². The van der Waals surface area contributed by atoms with E-state index in [0.717, 1.165) is 12.8 Å². The summed E-state index contributed by atoms with van der Waals surface area (Å²) in [5, 5.41) is 28.1. The maximum atomic E-state index is 10.3. The van der Waals surface area contributed by atoms with Crippen LogP contribution in [0.3, 0.4) is 0 Å². The zero-order chi connectivity index (χ0) is 16.6. The summed E-state index contributed by atoms with van der Waals surface area (Å²) >= 11 is 0. The van der Waals surface area contributed by atoms with Crippen molar-refractivity contribution in [3.63, 3.8) is 0 Å². The molecule has 0 amide bonds. The van der Waals surface area contributed by atoms with Gasteiger partial charge < -0.3 is 15.3 Å². The molecule has 0 bridgehead atoms. The Labute approximate surface area is 134 Å². The smallest absolute Gasteiger partial charge is 0.303 e. The van der Waals surface area contributed by atoms with Crippen molar-refractivity contribution in [1.82, 2.24) is 0 Å². The molecule has 0 saturated carbocycles. The molecule has 0 heterocycles. The highest BCUT2D eigenvalue weighted by atomic mass is 16.4. The summed E-state index contributed by atoms with van der Waals surface area (Å²) in [5.41, 5.74) is 0. The average Bonchev–Trinajstić information content (AvgIpc) is 2.49. The summed E-state index contributed by atoms with van der Waals surface area (Å²) < 4.78 is 0. The lowest BCUT2D eigenvalue weighted by molar-refractivity contribution is -0.137. The van der Waals surface area contributed by atoms with Gasteiger partial charge in [0, 0.05) is 6.42 Å². The molecular formula is C18H32O4. The van der Waals surface area contributed by atoms with Crippen molar-refractivity contribution in [2.45, 2.75) is 83.3 Å². The van der Waals surface area contributed by atoms with Crippen LogP contribution in [0.4, 0.5) is 0 Å². The second-order valence-electron chi connectivity index (χ2n) is 5.71. The third-order valence-corrected chi connectivity index (χ3v) is 3.56. The fourth-order valence-electron chi connectivity index (χ4n) is 2.16. The van der Waals surface area contributed by atoms with E-state index in [-0.39, 0.29) is 6.42 Å². The van der Waals surface area contributed by atoms with Crippen molar-refractivity contribution < 1.29 is 20.1 Å². The summed E-state index contributed by atoms with van der Waals surface area (Å²) in [7, 11) is 0. The van der Waals surface area contributed by atoms with E-state index in [9.17, 15) is 15.0 Å². The number of aliphatic hydroxyl groups is 2. The number of allylic oxidation sites excluding steroid dienone is 3. The van der Waals surface area contributed by atoms with Gasteiger partial charge in [0.15, 0.2) is 0 Å². The minimum atomic E-state index is -0.834. The zero-order valence-corrected chi connectivity index (χ0v) is 13.8. The normalized spacial score (nSPS) is 14.7. The van der Waals surface area contributed by atoms with Gasteiger partial charge in [-0.1, -0.05) is 69.8 Å². The largest absolute Gasteiger partial charge is 0.481 e. The van der Waals surface area contributed by atoms with Gasteiger partial charge in [0.05, 0.1) is 12.2 Å². The van der Waals surface area contributed by atoms with Gasteiger partial charge in [0.2, 0.25) is 0 Å². The summed E-state index contributed by atoms with van der Waals surface area (Å²) in [5.74, 6) is -0.780. The molecule has 0 saturated heterocycles. The second-order valence-corrected chi connectivity index (χ2v) is 5.71. The van der Waals surface area contributed by atoms with E-state index in [4.69, 9.17) is 5.11 Å². The molecule has 0 aromatic rings. The van der Waals surface area contributed by atoms with Crippen LogP contribution in [0.1, 0.15) is 71.1 Å². The minimum Gasteiger partial charge on any atom is -0.481 e. The molecule has 0 aliphatic carbocycles. The zero-order valence-electron chi connectivity index (χ0n) is 13.8. The van der Waals surface area contributed by atoms with E-state index in [0.29, 0.717) is 19.3 Å². The molecular weight excluding hydrogens is 280 g/mol. The molecule has 0 aliphatic heterocycles. The molecule has 4 heteroatoms. The first-order valence-electron chi connectivity index (χ1n) is 8.49. The van der Waals surface area contributed by atoms with Crippen LogP contribution in [0, 0.1) is 0 Å². The number of aliphatic hydroxyl groups excluding tert-OH is 2. The van der Waals surface area contributed by atoms with Crippen LogP contribution in [0.25, 0.3) is 0 Å². The van der Waals surface area contributed by atoms with Gasteiger partial charge in [-0.05, 0) is 19.3 Å². The predicted octanol–water partition coefficient (Wildman–Crippen LogP) is 3.83. The fraction of sp³-hybridized carbons (Fsp3) is 0.722. The van der Waals surface area contributed by atoms with Gasteiger partial charge in [-0.25, -0.2) is 0 Å². The summed E-state index contributed by atoms with van der Waals surface area (Å²) in [4.78, 5) is 10.3. The molecule has 0 fully saturated rings. The maximum Gasteiger partial charge on any atom is 0.303 e. The van der Waals surface area contributed by atoms with Crippen molar-refractivity contribution in [3.05, 3.63) is 24.3 Å². The number of carbonyl (C=O) groups is 1. The van der Waals surface area contributed by atoms with Crippen LogP contribution < -0.4 is 0 Å². The van der Waals surface area contributed by atoms with E-state index in [1.165, 1.54) is 25.7 Å². The number of carboxylic acids is 1. The van der Waals surface area contributed by atoms with Crippen molar-refractivity contribution >= 4 is 5.97 Å². The Bertz CT molecular complexity index is 323. The Morgan fingerprint density at radius 1 is 1.00 bits per heavy atom. The monoisotopic (exact) mass is 312 g/mol. The summed E-state index contributed by atoms with van der Waals surface area (Å²) in [6, 6.07) is 0. The van der Waals surface area contributed by atoms with Gasteiger partial charge >= 0.3 is 5.97 Å². The Hall–Kier alpha value is -1.13. The second kappa shape index (κ2) is 14.8. The molecule has 0 aromatic heterocycles. The van der Waals surface area contributed by atoms with Gasteiger partial charge in [0.25, 0.3) is 0 Å². The fourth-order valence-corrected chi connectivity index (χ4v) is 2.16. The first kappa shape index (κ1) is 20.9. The minimum absolute atomic E-state index is 0.174. The summed E-state index contributed by atoms with van der Waals surface area (Å²) in [6.07, 6.45) is 14.5. The van der Waals surface area contributed by atoms with Gasteiger partial charge in [-0.15, -0.1) is 0 Å². The Kier molecular flexibility index (Phi) is 14.0. The number of hydrogen-bond donors (Lipinski definition) is 3. The molecule has 4 nitrogen and oxygen atoms in total. The highest BCUT2D eigenvalue weighted by Gasteiger charge is 2.11. The number of rotatable bonds is 14. The van der Waals surface area contributed by atoms with Gasteiger partial charge in [-0.3, -0.25) is 4.79 Å². The molecule has 22 heavy (non-hydrogen) atoms. The Balaban J connectivity index is 3.66. The van der Waals surface area contributed by atoms with E-state index >= 15 is 0 Å². The molecule has 3 N–H and O–H groups in total. The molecule has 0 unspecified atom stereocenters. The van der Waals surface area contributed by atoms with Crippen LogP contribution >= 0.6 is 0 Å². The highest BCUT2D eigenvalue weighted by Crippen LogP contribution is 2.11. The Morgan fingerprint density at radius 3 is 2.36 bits per heavy atom.